The lowest BCUT2D eigenvalue weighted by Gasteiger charge is -2.12. The lowest BCUT2D eigenvalue weighted by Crippen LogP contribution is -2.25. The minimum atomic E-state index is -0.0528. The van der Waals surface area contributed by atoms with Crippen LogP contribution in [0.5, 0.6) is 0 Å². The zero-order valence-corrected chi connectivity index (χ0v) is 8.56. The summed E-state index contributed by atoms with van der Waals surface area (Å²) in [5.41, 5.74) is 5.00. The van der Waals surface area contributed by atoms with Gasteiger partial charge in [-0.25, -0.2) is 5.43 Å². The molecule has 1 aromatic rings. The molecule has 1 heterocycles. The van der Waals surface area contributed by atoms with Gasteiger partial charge in [0.25, 0.3) is 0 Å². The van der Waals surface area contributed by atoms with Crippen molar-refractivity contribution in [2.75, 3.05) is 5.32 Å². The van der Waals surface area contributed by atoms with Crippen LogP contribution in [0, 0.1) is 0 Å². The van der Waals surface area contributed by atoms with Crippen molar-refractivity contribution in [2.45, 2.75) is 12.8 Å². The van der Waals surface area contributed by atoms with Crippen molar-refractivity contribution in [3.05, 3.63) is 29.8 Å². The Morgan fingerprint density at radius 1 is 1.25 bits per heavy atom. The summed E-state index contributed by atoms with van der Waals surface area (Å²) >= 11 is 0. The Morgan fingerprint density at radius 2 is 2.00 bits per heavy atom. The zero-order valence-electron chi connectivity index (χ0n) is 8.56. The molecule has 0 saturated heterocycles. The van der Waals surface area contributed by atoms with E-state index in [1.165, 1.54) is 0 Å². The number of carbonyl (C=O) groups is 2. The molecule has 0 spiro atoms. The van der Waals surface area contributed by atoms with E-state index in [1.54, 1.807) is 12.1 Å². The van der Waals surface area contributed by atoms with Gasteiger partial charge in [0.1, 0.15) is 0 Å². The molecule has 5 heteroatoms. The van der Waals surface area contributed by atoms with Crippen LogP contribution in [0.25, 0.3) is 0 Å². The molecule has 0 fully saturated rings. The molecule has 0 radical (unpaired) electrons. The highest BCUT2D eigenvalue weighted by molar-refractivity contribution is 6.04. The molecule has 16 heavy (non-hydrogen) atoms. The van der Waals surface area contributed by atoms with Gasteiger partial charge >= 0.3 is 0 Å². The van der Waals surface area contributed by atoms with E-state index in [0.29, 0.717) is 19.3 Å². The summed E-state index contributed by atoms with van der Waals surface area (Å²) in [5.74, 6) is -0.0528. The molecule has 0 aliphatic carbocycles. The third-order valence-corrected chi connectivity index (χ3v) is 2.35. The second-order valence-corrected chi connectivity index (χ2v) is 3.43. The first-order chi connectivity index (χ1) is 7.79. The van der Waals surface area contributed by atoms with Crippen molar-refractivity contribution in [3.8, 4) is 0 Å². The van der Waals surface area contributed by atoms with Crippen LogP contribution in [0.15, 0.2) is 29.4 Å². The summed E-state index contributed by atoms with van der Waals surface area (Å²) in [4.78, 5) is 21.1. The van der Waals surface area contributed by atoms with E-state index in [-0.39, 0.29) is 5.91 Å². The van der Waals surface area contributed by atoms with Gasteiger partial charge in [-0.05, 0) is 17.7 Å². The fourth-order valence-electron chi connectivity index (χ4n) is 1.51. The number of hydrogen-bond acceptors (Lipinski definition) is 3. The minimum Gasteiger partial charge on any atom is -0.329 e. The molecule has 82 valence electrons. The average molecular weight is 217 g/mol. The second-order valence-electron chi connectivity index (χ2n) is 3.43. The van der Waals surface area contributed by atoms with Crippen molar-refractivity contribution in [3.63, 3.8) is 0 Å². The number of hydrogen-bond donors (Lipinski definition) is 2. The van der Waals surface area contributed by atoms with Crippen molar-refractivity contribution < 1.29 is 9.59 Å². The number of rotatable bonds is 3. The number of anilines is 1. The van der Waals surface area contributed by atoms with Gasteiger partial charge in [0.15, 0.2) is 0 Å². The van der Waals surface area contributed by atoms with Gasteiger partial charge in [-0.2, -0.15) is 5.10 Å². The fraction of sp³-hybridized carbons (Fsp3) is 0.182. The highest BCUT2D eigenvalue weighted by Crippen LogP contribution is 2.13. The number of benzene rings is 1. The van der Waals surface area contributed by atoms with E-state index < -0.39 is 0 Å². The summed E-state index contributed by atoms with van der Waals surface area (Å²) in [5, 5.41) is 6.54. The quantitative estimate of drug-likeness (QED) is 0.737. The molecule has 0 bridgehead atoms. The van der Waals surface area contributed by atoms with E-state index >= 15 is 0 Å². The molecule has 0 unspecified atom stereocenters. The van der Waals surface area contributed by atoms with Crippen LogP contribution in [0.1, 0.15) is 18.4 Å². The maximum atomic E-state index is 10.9. The fourth-order valence-corrected chi connectivity index (χ4v) is 1.51. The number of nitrogens with one attached hydrogen (secondary N) is 2. The maximum Gasteiger partial charge on any atom is 0.240 e. The van der Waals surface area contributed by atoms with Crippen LogP contribution < -0.4 is 10.7 Å². The summed E-state index contributed by atoms with van der Waals surface area (Å²) < 4.78 is 0. The van der Waals surface area contributed by atoms with Gasteiger partial charge in [0.05, 0.1) is 5.71 Å². The molecule has 1 aromatic carbocycles. The van der Waals surface area contributed by atoms with Crippen molar-refractivity contribution in [1.29, 1.82) is 0 Å². The van der Waals surface area contributed by atoms with E-state index in [2.05, 4.69) is 15.8 Å². The van der Waals surface area contributed by atoms with Crippen LogP contribution in [0.4, 0.5) is 5.69 Å². The van der Waals surface area contributed by atoms with Crippen molar-refractivity contribution in [2.24, 2.45) is 5.10 Å². The second kappa shape index (κ2) is 4.57. The largest absolute Gasteiger partial charge is 0.329 e. The Morgan fingerprint density at radius 3 is 2.56 bits per heavy atom. The van der Waals surface area contributed by atoms with Crippen LogP contribution >= 0.6 is 0 Å². The first-order valence-electron chi connectivity index (χ1n) is 4.95. The van der Waals surface area contributed by atoms with Crippen LogP contribution in [-0.4, -0.2) is 18.0 Å². The summed E-state index contributed by atoms with van der Waals surface area (Å²) in [6.07, 6.45) is 1.74. The highest BCUT2D eigenvalue weighted by atomic mass is 16.2. The van der Waals surface area contributed by atoms with Gasteiger partial charge in [0, 0.05) is 18.5 Å². The minimum absolute atomic E-state index is 0.0528. The molecule has 2 amide bonds. The first-order valence-corrected chi connectivity index (χ1v) is 4.95. The molecule has 0 aromatic heterocycles. The summed E-state index contributed by atoms with van der Waals surface area (Å²) in [7, 11) is 0. The monoisotopic (exact) mass is 217 g/mol. The molecular formula is C11H11N3O2. The Labute approximate surface area is 92.5 Å². The summed E-state index contributed by atoms with van der Waals surface area (Å²) in [6, 6.07) is 7.32. The van der Waals surface area contributed by atoms with Crippen LogP contribution in [-0.2, 0) is 9.59 Å². The molecule has 0 saturated carbocycles. The number of nitrogens with zero attached hydrogens (tertiary/aromatic N) is 1. The molecule has 2 N–H and O–H groups in total. The average Bonchev–Trinajstić information content (AvgIpc) is 2.32. The summed E-state index contributed by atoms with van der Waals surface area (Å²) in [6.45, 7) is 0. The molecule has 2 rings (SSSR count). The Balaban J connectivity index is 2.15. The first kappa shape index (κ1) is 10.4. The predicted molar refractivity (Wildman–Crippen MR) is 60.0 cm³/mol. The van der Waals surface area contributed by atoms with Crippen LogP contribution in [0.2, 0.25) is 0 Å². The number of hydrazone groups is 1. The van der Waals surface area contributed by atoms with Crippen LogP contribution in [0.3, 0.4) is 0 Å². The highest BCUT2D eigenvalue weighted by Gasteiger charge is 2.12. The lowest BCUT2D eigenvalue weighted by molar-refractivity contribution is -0.121. The topological polar surface area (TPSA) is 70.6 Å². The molecule has 5 nitrogen and oxygen atoms in total. The van der Waals surface area contributed by atoms with E-state index in [9.17, 15) is 9.59 Å². The van der Waals surface area contributed by atoms with Gasteiger partial charge in [0.2, 0.25) is 12.3 Å². The Bertz CT molecular complexity index is 437. The lowest BCUT2D eigenvalue weighted by atomic mass is 10.0. The number of amides is 2. The van der Waals surface area contributed by atoms with Gasteiger partial charge in [-0.3, -0.25) is 9.59 Å². The van der Waals surface area contributed by atoms with E-state index in [0.717, 1.165) is 17.0 Å². The van der Waals surface area contributed by atoms with Gasteiger partial charge < -0.3 is 5.32 Å². The Kier molecular flexibility index (Phi) is 2.95. The Hall–Kier alpha value is -2.17. The van der Waals surface area contributed by atoms with Gasteiger partial charge in [-0.15, -0.1) is 0 Å². The van der Waals surface area contributed by atoms with Gasteiger partial charge in [-0.1, -0.05) is 12.1 Å². The smallest absolute Gasteiger partial charge is 0.240 e. The maximum absolute atomic E-state index is 10.9. The predicted octanol–water partition coefficient (Wildman–Crippen LogP) is 0.869. The molecule has 1 aliphatic rings. The van der Waals surface area contributed by atoms with E-state index in [4.69, 9.17) is 0 Å². The molecule has 0 atom stereocenters. The van der Waals surface area contributed by atoms with Crippen molar-refractivity contribution in [1.82, 2.24) is 5.43 Å². The standard InChI is InChI=1S/C11H11N3O2/c15-7-12-9-3-1-8(2-4-9)10-5-6-11(16)14-13-10/h1-4,7H,5-6H2,(H,12,15)(H,14,16). The third kappa shape index (κ3) is 2.25. The number of carbonyl (C=O) groups excluding carboxylic acids is 2. The molecular weight excluding hydrogens is 206 g/mol. The third-order valence-electron chi connectivity index (χ3n) is 2.35. The molecule has 1 aliphatic heterocycles. The zero-order chi connectivity index (χ0) is 11.4. The van der Waals surface area contributed by atoms with Crippen molar-refractivity contribution >= 4 is 23.7 Å². The van der Waals surface area contributed by atoms with E-state index in [1.807, 2.05) is 12.1 Å². The SMILES string of the molecule is O=CNc1ccc(C2=NNC(=O)CC2)cc1. The normalized spacial score (nSPS) is 15.0.